The maximum absolute atomic E-state index is 13.0. The van der Waals surface area contributed by atoms with Gasteiger partial charge >= 0.3 is 0 Å². The molecule has 4 heterocycles. The second kappa shape index (κ2) is 7.43. The van der Waals surface area contributed by atoms with E-state index in [9.17, 15) is 9.90 Å². The van der Waals surface area contributed by atoms with E-state index in [1.165, 1.54) is 6.42 Å². The molecule has 0 spiro atoms. The van der Waals surface area contributed by atoms with Crippen molar-refractivity contribution in [1.29, 1.82) is 0 Å². The highest BCUT2D eigenvalue weighted by Gasteiger charge is 2.28. The molecule has 2 aliphatic rings. The summed E-state index contributed by atoms with van der Waals surface area (Å²) in [5, 5.41) is 11.5. The zero-order chi connectivity index (χ0) is 17.2. The van der Waals surface area contributed by atoms with Crippen molar-refractivity contribution >= 4 is 22.2 Å². The molecule has 136 valence electrons. The Morgan fingerprint density at radius 3 is 2.88 bits per heavy atom. The molecule has 2 aliphatic heterocycles. The number of aliphatic hydroxyl groups is 1. The van der Waals surface area contributed by atoms with Crippen LogP contribution in [0.4, 0.5) is 0 Å². The average molecular weight is 362 g/mol. The number of piperidine rings is 2. The van der Waals surface area contributed by atoms with E-state index in [-0.39, 0.29) is 12.5 Å². The van der Waals surface area contributed by atoms with Gasteiger partial charge < -0.3 is 10.0 Å². The Hall–Kier alpha value is -1.44. The summed E-state index contributed by atoms with van der Waals surface area (Å²) in [6.45, 7) is 4.58. The molecule has 1 atom stereocenters. The average Bonchev–Trinajstić information content (AvgIpc) is 3.25. The number of carbonyl (C=O) groups is 1. The number of carbonyl (C=O) groups excluding carboxylic acids is 1. The molecule has 7 heteroatoms. The van der Waals surface area contributed by atoms with Crippen molar-refractivity contribution in [2.24, 2.45) is 5.92 Å². The van der Waals surface area contributed by atoms with E-state index in [0.29, 0.717) is 11.6 Å². The molecule has 1 amide bonds. The first kappa shape index (κ1) is 17.0. The van der Waals surface area contributed by atoms with Crippen molar-refractivity contribution in [2.45, 2.75) is 38.6 Å². The third-order valence-corrected chi connectivity index (χ3v) is 6.20. The van der Waals surface area contributed by atoms with E-state index >= 15 is 0 Å². The fraction of sp³-hybridized carbons (Fsp3) is 0.667. The third-order valence-electron chi connectivity index (χ3n) is 5.44. The summed E-state index contributed by atoms with van der Waals surface area (Å²) in [5.41, 5.74) is 1.63. The highest BCUT2D eigenvalue weighted by Crippen LogP contribution is 2.24. The fourth-order valence-electron chi connectivity index (χ4n) is 4.06. The Morgan fingerprint density at radius 2 is 2.08 bits per heavy atom. The number of hydrogen-bond donors (Lipinski definition) is 1. The summed E-state index contributed by atoms with van der Waals surface area (Å²) in [6, 6.07) is 0. The molecular weight excluding hydrogens is 336 g/mol. The maximum atomic E-state index is 13.0. The highest BCUT2D eigenvalue weighted by molar-refractivity contribution is 7.15. The summed E-state index contributed by atoms with van der Waals surface area (Å²) >= 11 is 1.58. The molecule has 6 nitrogen and oxygen atoms in total. The zero-order valence-corrected chi connectivity index (χ0v) is 15.4. The molecular formula is C18H26N4O2S. The van der Waals surface area contributed by atoms with Crippen LogP contribution in [0.25, 0.3) is 4.96 Å². The molecule has 2 aromatic heterocycles. The lowest BCUT2D eigenvalue weighted by atomic mass is 9.99. The number of thiazole rings is 1. The van der Waals surface area contributed by atoms with Crippen LogP contribution in [-0.2, 0) is 6.54 Å². The minimum Gasteiger partial charge on any atom is -0.396 e. The SMILES string of the molecule is O=C(c1nc2sccn2c1CN1CCCC(CO)C1)N1CCCCC1. The smallest absolute Gasteiger partial charge is 0.274 e. The number of aromatic nitrogens is 2. The molecule has 4 rings (SSSR count). The zero-order valence-electron chi connectivity index (χ0n) is 14.6. The predicted octanol–water partition coefficient (Wildman–Crippen LogP) is 2.23. The van der Waals surface area contributed by atoms with Crippen molar-refractivity contribution in [3.8, 4) is 0 Å². The Kier molecular flexibility index (Phi) is 5.05. The lowest BCUT2D eigenvalue weighted by Gasteiger charge is -2.32. The number of hydrogen-bond acceptors (Lipinski definition) is 5. The van der Waals surface area contributed by atoms with Gasteiger partial charge in [-0.3, -0.25) is 14.1 Å². The van der Waals surface area contributed by atoms with Gasteiger partial charge in [-0.2, -0.15) is 0 Å². The standard InChI is InChI=1S/C18H26N4O2S/c23-13-14-5-4-6-20(11-14)12-15-16(19-18-22(15)9-10-25-18)17(24)21-7-2-1-3-8-21/h9-10,14,23H,1-8,11-13H2. The second-order valence-corrected chi connectivity index (χ2v) is 8.11. The van der Waals surface area contributed by atoms with E-state index in [2.05, 4.69) is 14.3 Å². The number of imidazole rings is 1. The minimum absolute atomic E-state index is 0.0846. The molecule has 2 fully saturated rings. The molecule has 1 N–H and O–H groups in total. The van der Waals surface area contributed by atoms with Gasteiger partial charge in [-0.05, 0) is 44.6 Å². The van der Waals surface area contributed by atoms with E-state index in [0.717, 1.165) is 69.1 Å². The van der Waals surface area contributed by atoms with E-state index in [1.54, 1.807) is 11.3 Å². The van der Waals surface area contributed by atoms with Crippen LogP contribution < -0.4 is 0 Å². The van der Waals surface area contributed by atoms with Crippen LogP contribution in [0, 0.1) is 5.92 Å². The summed E-state index contributed by atoms with van der Waals surface area (Å²) in [7, 11) is 0. The van der Waals surface area contributed by atoms with Crippen molar-refractivity contribution in [1.82, 2.24) is 19.2 Å². The van der Waals surface area contributed by atoms with Gasteiger partial charge in [0, 0.05) is 44.4 Å². The molecule has 0 radical (unpaired) electrons. The van der Waals surface area contributed by atoms with E-state index in [1.807, 2.05) is 16.5 Å². The monoisotopic (exact) mass is 362 g/mol. The van der Waals surface area contributed by atoms with Crippen molar-refractivity contribution < 1.29 is 9.90 Å². The van der Waals surface area contributed by atoms with Crippen LogP contribution in [0.3, 0.4) is 0 Å². The summed E-state index contributed by atoms with van der Waals surface area (Å²) < 4.78 is 2.07. The van der Waals surface area contributed by atoms with Crippen LogP contribution in [0.2, 0.25) is 0 Å². The van der Waals surface area contributed by atoms with E-state index < -0.39 is 0 Å². The van der Waals surface area contributed by atoms with Crippen LogP contribution in [-0.4, -0.2) is 63.0 Å². The third kappa shape index (κ3) is 3.45. The van der Waals surface area contributed by atoms with Crippen molar-refractivity contribution in [3.05, 3.63) is 23.0 Å². The Bertz CT molecular complexity index is 735. The summed E-state index contributed by atoms with van der Waals surface area (Å²) in [5.74, 6) is 0.433. The Morgan fingerprint density at radius 1 is 1.24 bits per heavy atom. The van der Waals surface area contributed by atoms with Crippen molar-refractivity contribution in [2.75, 3.05) is 32.8 Å². The summed E-state index contributed by atoms with van der Waals surface area (Å²) in [6.07, 6.45) is 7.61. The first-order valence-electron chi connectivity index (χ1n) is 9.33. The summed E-state index contributed by atoms with van der Waals surface area (Å²) in [4.78, 5) is 22.9. The maximum Gasteiger partial charge on any atom is 0.274 e. The van der Waals surface area contributed by atoms with Gasteiger partial charge in [0.25, 0.3) is 5.91 Å². The van der Waals surface area contributed by atoms with Gasteiger partial charge in [-0.25, -0.2) is 4.98 Å². The number of nitrogens with zero attached hydrogens (tertiary/aromatic N) is 4. The molecule has 1 unspecified atom stereocenters. The Labute approximate surface area is 152 Å². The van der Waals surface area contributed by atoms with Crippen LogP contribution in [0.1, 0.15) is 48.3 Å². The molecule has 0 saturated carbocycles. The van der Waals surface area contributed by atoms with Gasteiger partial charge in [-0.15, -0.1) is 11.3 Å². The topological polar surface area (TPSA) is 61.1 Å². The van der Waals surface area contributed by atoms with E-state index in [4.69, 9.17) is 0 Å². The minimum atomic E-state index is 0.0846. The lowest BCUT2D eigenvalue weighted by molar-refractivity contribution is 0.0713. The Balaban J connectivity index is 1.60. The number of rotatable bonds is 4. The quantitative estimate of drug-likeness (QED) is 0.906. The van der Waals surface area contributed by atoms with Gasteiger partial charge in [-0.1, -0.05) is 0 Å². The van der Waals surface area contributed by atoms with Crippen LogP contribution in [0.5, 0.6) is 0 Å². The molecule has 0 aliphatic carbocycles. The highest BCUT2D eigenvalue weighted by atomic mass is 32.1. The van der Waals surface area contributed by atoms with Crippen molar-refractivity contribution in [3.63, 3.8) is 0 Å². The molecule has 2 saturated heterocycles. The number of amides is 1. The lowest BCUT2D eigenvalue weighted by Crippen LogP contribution is -2.38. The predicted molar refractivity (Wildman–Crippen MR) is 97.9 cm³/mol. The molecule has 2 aromatic rings. The number of fused-ring (bicyclic) bond motifs is 1. The normalized spacial score (nSPS) is 22.6. The molecule has 0 bridgehead atoms. The molecule has 25 heavy (non-hydrogen) atoms. The van der Waals surface area contributed by atoms with Gasteiger partial charge in [0.05, 0.1) is 5.69 Å². The van der Waals surface area contributed by atoms with Crippen LogP contribution >= 0.6 is 11.3 Å². The van der Waals surface area contributed by atoms with Gasteiger partial charge in [0.2, 0.25) is 0 Å². The number of likely N-dealkylation sites (tertiary alicyclic amines) is 2. The number of aliphatic hydroxyl groups excluding tert-OH is 1. The van der Waals surface area contributed by atoms with Crippen LogP contribution in [0.15, 0.2) is 11.6 Å². The second-order valence-electron chi connectivity index (χ2n) is 7.24. The first-order chi connectivity index (χ1) is 12.3. The van der Waals surface area contributed by atoms with Gasteiger partial charge in [0.15, 0.2) is 10.7 Å². The first-order valence-corrected chi connectivity index (χ1v) is 10.2. The largest absolute Gasteiger partial charge is 0.396 e. The molecule has 0 aromatic carbocycles. The fourth-order valence-corrected chi connectivity index (χ4v) is 4.79. The van der Waals surface area contributed by atoms with Gasteiger partial charge in [0.1, 0.15) is 0 Å².